The Kier molecular flexibility index (Phi) is 4.66. The van der Waals surface area contributed by atoms with Crippen LogP contribution < -0.4 is 0 Å². The summed E-state index contributed by atoms with van der Waals surface area (Å²) in [5, 5.41) is 4.45. The summed E-state index contributed by atoms with van der Waals surface area (Å²) in [6.45, 7) is 8.36. The van der Waals surface area contributed by atoms with E-state index in [0.29, 0.717) is 18.8 Å². The predicted molar refractivity (Wildman–Crippen MR) is 85.8 cm³/mol. The van der Waals surface area contributed by atoms with Crippen molar-refractivity contribution in [2.24, 2.45) is 0 Å². The maximum atomic E-state index is 12.7. The van der Waals surface area contributed by atoms with E-state index in [1.54, 1.807) is 18.6 Å². The molecule has 1 amide bonds. The average Bonchev–Trinajstić information content (AvgIpc) is 3.08. The molecule has 0 fully saturated rings. The second-order valence-electron chi connectivity index (χ2n) is 5.68. The van der Waals surface area contributed by atoms with Crippen molar-refractivity contribution in [2.75, 3.05) is 26.2 Å². The lowest BCUT2D eigenvalue weighted by molar-refractivity contribution is 0.0636. The summed E-state index contributed by atoms with van der Waals surface area (Å²) < 4.78 is 2.05. The van der Waals surface area contributed by atoms with Crippen LogP contribution in [-0.4, -0.2) is 61.6 Å². The van der Waals surface area contributed by atoms with E-state index in [0.717, 1.165) is 25.3 Å². The van der Waals surface area contributed by atoms with Gasteiger partial charge in [-0.05, 0) is 19.2 Å². The van der Waals surface area contributed by atoms with Crippen molar-refractivity contribution in [3.05, 3.63) is 42.2 Å². The first-order valence-corrected chi connectivity index (χ1v) is 8.03. The van der Waals surface area contributed by atoms with Crippen molar-refractivity contribution >= 4 is 5.91 Å². The molecule has 1 aliphatic heterocycles. The number of amides is 1. The fourth-order valence-electron chi connectivity index (χ4n) is 3.03. The third-order valence-corrected chi connectivity index (χ3v) is 4.32. The van der Waals surface area contributed by atoms with Crippen LogP contribution in [0.3, 0.4) is 0 Å². The first-order chi connectivity index (χ1) is 11.2. The number of hydrogen-bond donors (Lipinski definition) is 0. The molecule has 0 aliphatic carbocycles. The van der Waals surface area contributed by atoms with E-state index >= 15 is 0 Å². The third kappa shape index (κ3) is 3.24. The maximum Gasteiger partial charge on any atom is 0.274 e. The van der Waals surface area contributed by atoms with Gasteiger partial charge in [-0.25, -0.2) is 4.98 Å². The van der Waals surface area contributed by atoms with Crippen molar-refractivity contribution in [1.82, 2.24) is 29.5 Å². The van der Waals surface area contributed by atoms with Gasteiger partial charge in [-0.3, -0.25) is 14.5 Å². The van der Waals surface area contributed by atoms with Gasteiger partial charge in [0.25, 0.3) is 5.91 Å². The lowest BCUT2D eigenvalue weighted by Crippen LogP contribution is -2.45. The van der Waals surface area contributed by atoms with Gasteiger partial charge < -0.3 is 9.80 Å². The average molecular weight is 314 g/mol. The zero-order valence-electron chi connectivity index (χ0n) is 13.6. The van der Waals surface area contributed by atoms with E-state index in [4.69, 9.17) is 0 Å². The number of likely N-dealkylation sites (N-methyl/N-ethyl adjacent to an activating group) is 1. The quantitative estimate of drug-likeness (QED) is 0.830. The SMILES string of the molecule is CCN(CC)C[C@H]1CN(C(=O)c2cnccn2)Cc2ccnn21. The molecule has 0 saturated carbocycles. The van der Waals surface area contributed by atoms with Gasteiger partial charge >= 0.3 is 0 Å². The Hall–Kier alpha value is -2.28. The fourth-order valence-corrected chi connectivity index (χ4v) is 3.03. The molecule has 23 heavy (non-hydrogen) atoms. The molecule has 0 spiro atoms. The van der Waals surface area contributed by atoms with Gasteiger partial charge in [-0.15, -0.1) is 0 Å². The zero-order valence-corrected chi connectivity index (χ0v) is 13.6. The number of aromatic nitrogens is 4. The molecule has 3 rings (SSSR count). The van der Waals surface area contributed by atoms with Gasteiger partial charge in [0.2, 0.25) is 0 Å². The van der Waals surface area contributed by atoms with E-state index in [-0.39, 0.29) is 11.9 Å². The van der Waals surface area contributed by atoms with Gasteiger partial charge in [-0.2, -0.15) is 5.10 Å². The van der Waals surface area contributed by atoms with Gasteiger partial charge in [0, 0.05) is 31.7 Å². The minimum Gasteiger partial charge on any atom is -0.329 e. The van der Waals surface area contributed by atoms with E-state index in [1.165, 1.54) is 6.20 Å². The molecule has 2 aromatic heterocycles. The monoisotopic (exact) mass is 314 g/mol. The maximum absolute atomic E-state index is 12.7. The molecule has 0 N–H and O–H groups in total. The van der Waals surface area contributed by atoms with Crippen LogP contribution in [0.25, 0.3) is 0 Å². The first-order valence-electron chi connectivity index (χ1n) is 8.03. The largest absolute Gasteiger partial charge is 0.329 e. The number of nitrogens with zero attached hydrogens (tertiary/aromatic N) is 6. The van der Waals surface area contributed by atoms with E-state index in [2.05, 4.69) is 38.5 Å². The summed E-state index contributed by atoms with van der Waals surface area (Å²) in [6.07, 6.45) is 6.45. The van der Waals surface area contributed by atoms with Crippen LogP contribution in [0.4, 0.5) is 0 Å². The van der Waals surface area contributed by atoms with Gasteiger partial charge in [0.15, 0.2) is 0 Å². The minimum absolute atomic E-state index is 0.0740. The van der Waals surface area contributed by atoms with Crippen LogP contribution in [0, 0.1) is 0 Å². The van der Waals surface area contributed by atoms with Gasteiger partial charge in [0.1, 0.15) is 5.69 Å². The highest BCUT2D eigenvalue weighted by atomic mass is 16.2. The summed E-state index contributed by atoms with van der Waals surface area (Å²) in [6, 6.07) is 2.14. The Morgan fingerprint density at radius 2 is 2.13 bits per heavy atom. The van der Waals surface area contributed by atoms with Crippen LogP contribution in [0.2, 0.25) is 0 Å². The smallest absolute Gasteiger partial charge is 0.274 e. The predicted octanol–water partition coefficient (Wildman–Crippen LogP) is 1.21. The van der Waals surface area contributed by atoms with Crippen LogP contribution in [0.5, 0.6) is 0 Å². The van der Waals surface area contributed by atoms with Gasteiger partial charge in [-0.1, -0.05) is 13.8 Å². The highest BCUT2D eigenvalue weighted by Crippen LogP contribution is 2.22. The molecule has 0 radical (unpaired) electrons. The Bertz CT molecular complexity index is 652. The van der Waals surface area contributed by atoms with Crippen molar-refractivity contribution < 1.29 is 4.79 Å². The topological polar surface area (TPSA) is 67.2 Å². The molecule has 7 nitrogen and oxygen atoms in total. The van der Waals surface area contributed by atoms with Crippen LogP contribution in [0.1, 0.15) is 36.1 Å². The lowest BCUT2D eigenvalue weighted by atomic mass is 10.1. The minimum atomic E-state index is -0.0740. The Morgan fingerprint density at radius 1 is 1.30 bits per heavy atom. The highest BCUT2D eigenvalue weighted by molar-refractivity contribution is 5.92. The van der Waals surface area contributed by atoms with Crippen LogP contribution in [0.15, 0.2) is 30.9 Å². The normalized spacial score (nSPS) is 17.3. The molecule has 7 heteroatoms. The molecule has 0 aromatic carbocycles. The van der Waals surface area contributed by atoms with Crippen LogP contribution in [-0.2, 0) is 6.54 Å². The van der Waals surface area contributed by atoms with Crippen molar-refractivity contribution in [1.29, 1.82) is 0 Å². The molecular weight excluding hydrogens is 292 g/mol. The Morgan fingerprint density at radius 3 is 2.83 bits per heavy atom. The number of hydrogen-bond acceptors (Lipinski definition) is 5. The molecule has 0 unspecified atom stereocenters. The fraction of sp³-hybridized carbons (Fsp3) is 0.500. The molecule has 1 atom stereocenters. The Balaban J connectivity index is 1.81. The number of fused-ring (bicyclic) bond motifs is 1. The summed E-state index contributed by atoms with van der Waals surface area (Å²) >= 11 is 0. The highest BCUT2D eigenvalue weighted by Gasteiger charge is 2.30. The van der Waals surface area contributed by atoms with Crippen molar-refractivity contribution in [3.63, 3.8) is 0 Å². The number of rotatable bonds is 5. The molecule has 2 aromatic rings. The summed E-state index contributed by atoms with van der Waals surface area (Å²) in [5.41, 5.74) is 1.45. The molecule has 122 valence electrons. The number of carbonyl (C=O) groups excluding carboxylic acids is 1. The Labute approximate surface area is 135 Å². The first kappa shape index (κ1) is 15.6. The molecule has 0 bridgehead atoms. The second kappa shape index (κ2) is 6.87. The summed E-state index contributed by atoms with van der Waals surface area (Å²) in [4.78, 5) is 25.0. The number of carbonyl (C=O) groups is 1. The molecular formula is C16H22N6O. The molecule has 1 aliphatic rings. The van der Waals surface area contributed by atoms with Crippen molar-refractivity contribution in [3.8, 4) is 0 Å². The zero-order chi connectivity index (χ0) is 16.2. The summed E-state index contributed by atoms with van der Waals surface area (Å²) in [7, 11) is 0. The van der Waals surface area contributed by atoms with Crippen LogP contribution >= 0.6 is 0 Å². The van der Waals surface area contributed by atoms with Crippen molar-refractivity contribution in [2.45, 2.75) is 26.4 Å². The van der Waals surface area contributed by atoms with Gasteiger partial charge in [0.05, 0.1) is 24.5 Å². The lowest BCUT2D eigenvalue weighted by Gasteiger charge is -2.36. The van der Waals surface area contributed by atoms with E-state index in [1.807, 2.05) is 11.0 Å². The second-order valence-corrected chi connectivity index (χ2v) is 5.68. The standard InChI is InChI=1S/C16H22N6O/c1-3-20(4-2)10-14-12-21(11-13-5-6-19-22(13)14)16(23)15-9-17-7-8-18-15/h5-9,14H,3-4,10-12H2,1-2H3/t14-/m0/s1. The molecule has 0 saturated heterocycles. The summed E-state index contributed by atoms with van der Waals surface area (Å²) in [5.74, 6) is -0.0740. The third-order valence-electron chi connectivity index (χ3n) is 4.32. The van der Waals surface area contributed by atoms with E-state index < -0.39 is 0 Å². The molecule has 3 heterocycles. The van der Waals surface area contributed by atoms with E-state index in [9.17, 15) is 4.79 Å².